The zero-order chi connectivity index (χ0) is 17.2. The molecule has 3 aromatic rings. The van der Waals surface area contributed by atoms with Crippen molar-refractivity contribution in [2.45, 2.75) is 38.1 Å². The van der Waals surface area contributed by atoms with Gasteiger partial charge in [-0.25, -0.2) is 9.50 Å². The van der Waals surface area contributed by atoms with Crippen molar-refractivity contribution in [1.82, 2.24) is 24.1 Å². The molecule has 130 valence electrons. The van der Waals surface area contributed by atoms with E-state index in [1.807, 2.05) is 43.8 Å². The van der Waals surface area contributed by atoms with E-state index in [1.54, 1.807) is 10.7 Å². The molecule has 1 aliphatic heterocycles. The van der Waals surface area contributed by atoms with Gasteiger partial charge in [0.1, 0.15) is 5.82 Å². The second-order valence-corrected chi connectivity index (χ2v) is 6.73. The predicted octanol–water partition coefficient (Wildman–Crippen LogP) is 2.70. The normalized spacial score (nSPS) is 18.0. The lowest BCUT2D eigenvalue weighted by atomic mass is 9.97. The third-order valence-corrected chi connectivity index (χ3v) is 5.17. The minimum atomic E-state index is 0.103. The van der Waals surface area contributed by atoms with Gasteiger partial charge in [-0.15, -0.1) is 0 Å². The highest BCUT2D eigenvalue weighted by Gasteiger charge is 2.29. The molecule has 0 aliphatic carbocycles. The molecule has 0 bridgehead atoms. The van der Waals surface area contributed by atoms with Crippen LogP contribution in [0.1, 0.15) is 41.9 Å². The quantitative estimate of drug-likeness (QED) is 0.735. The maximum Gasteiger partial charge on any atom is 0.257 e. The number of fused-ring (bicyclic) bond motifs is 1. The van der Waals surface area contributed by atoms with Gasteiger partial charge in [-0.1, -0.05) is 6.07 Å². The van der Waals surface area contributed by atoms with Crippen LogP contribution in [0.4, 0.5) is 0 Å². The van der Waals surface area contributed by atoms with Crippen LogP contribution >= 0.6 is 0 Å². The standard InChI is InChI=1S/C19H23N5O/c1-22-13-10-20-18(22)9-8-15-6-2-4-11-23(15)19(25)16-14-21-24-12-5-3-7-17(16)24/h3,5,7,10,12-15H,2,4,6,8-9,11H2,1H3/t15-/m1/s1. The number of aromatic nitrogens is 4. The number of imidazole rings is 1. The molecular formula is C19H23N5O. The van der Waals surface area contributed by atoms with Gasteiger partial charge in [-0.05, 0) is 37.8 Å². The molecule has 1 amide bonds. The zero-order valence-corrected chi connectivity index (χ0v) is 14.5. The van der Waals surface area contributed by atoms with Crippen molar-refractivity contribution >= 4 is 11.4 Å². The molecule has 6 heteroatoms. The van der Waals surface area contributed by atoms with Crippen molar-refractivity contribution in [3.63, 3.8) is 0 Å². The number of carbonyl (C=O) groups is 1. The first-order chi connectivity index (χ1) is 12.2. The maximum atomic E-state index is 13.2. The molecule has 1 fully saturated rings. The molecule has 0 N–H and O–H groups in total. The maximum absolute atomic E-state index is 13.2. The van der Waals surface area contributed by atoms with Gasteiger partial charge in [0.25, 0.3) is 5.91 Å². The van der Waals surface area contributed by atoms with Gasteiger partial charge in [0.05, 0.1) is 17.3 Å². The number of hydrogen-bond donors (Lipinski definition) is 0. The highest BCUT2D eigenvalue weighted by molar-refractivity contribution is 6.00. The number of amides is 1. The van der Waals surface area contributed by atoms with Crippen LogP contribution in [0.25, 0.3) is 5.52 Å². The van der Waals surface area contributed by atoms with E-state index in [-0.39, 0.29) is 11.9 Å². The molecule has 0 unspecified atom stereocenters. The van der Waals surface area contributed by atoms with E-state index in [2.05, 4.69) is 19.5 Å². The Morgan fingerprint density at radius 2 is 2.20 bits per heavy atom. The number of likely N-dealkylation sites (tertiary alicyclic amines) is 1. The van der Waals surface area contributed by atoms with Crippen LogP contribution in [-0.2, 0) is 13.5 Å². The number of piperidine rings is 1. The van der Waals surface area contributed by atoms with Gasteiger partial charge in [0.15, 0.2) is 0 Å². The van der Waals surface area contributed by atoms with Gasteiger partial charge >= 0.3 is 0 Å². The molecule has 0 radical (unpaired) electrons. The minimum Gasteiger partial charge on any atom is -0.338 e. The number of hydrogen-bond acceptors (Lipinski definition) is 3. The molecule has 4 heterocycles. The molecule has 1 saturated heterocycles. The number of carbonyl (C=O) groups excluding carboxylic acids is 1. The molecule has 0 aromatic carbocycles. The lowest BCUT2D eigenvalue weighted by molar-refractivity contribution is 0.0603. The lowest BCUT2D eigenvalue weighted by Gasteiger charge is -2.35. The van der Waals surface area contributed by atoms with Crippen molar-refractivity contribution < 1.29 is 4.79 Å². The minimum absolute atomic E-state index is 0.103. The van der Waals surface area contributed by atoms with Gasteiger partial charge in [-0.3, -0.25) is 4.79 Å². The zero-order valence-electron chi connectivity index (χ0n) is 14.5. The molecule has 25 heavy (non-hydrogen) atoms. The first-order valence-electron chi connectivity index (χ1n) is 8.93. The fourth-order valence-electron chi connectivity index (χ4n) is 3.76. The third kappa shape index (κ3) is 3.04. The summed E-state index contributed by atoms with van der Waals surface area (Å²) in [4.78, 5) is 19.6. The Hall–Kier alpha value is -2.63. The van der Waals surface area contributed by atoms with Crippen LogP contribution in [0.15, 0.2) is 43.0 Å². The monoisotopic (exact) mass is 337 g/mol. The van der Waals surface area contributed by atoms with Crippen LogP contribution in [0.3, 0.4) is 0 Å². The predicted molar refractivity (Wildman–Crippen MR) is 95.4 cm³/mol. The van der Waals surface area contributed by atoms with E-state index in [0.29, 0.717) is 5.56 Å². The molecule has 4 rings (SSSR count). The average Bonchev–Trinajstić information content (AvgIpc) is 3.26. The SMILES string of the molecule is Cn1ccnc1CC[C@H]1CCCCN1C(=O)c1cnn2ccccc12. The largest absolute Gasteiger partial charge is 0.338 e. The Balaban J connectivity index is 1.54. The number of rotatable bonds is 4. The van der Waals surface area contributed by atoms with Gasteiger partial charge < -0.3 is 9.47 Å². The van der Waals surface area contributed by atoms with Crippen LogP contribution in [0, 0.1) is 0 Å². The summed E-state index contributed by atoms with van der Waals surface area (Å²) in [7, 11) is 2.02. The molecule has 0 saturated carbocycles. The number of nitrogens with zero attached hydrogens (tertiary/aromatic N) is 5. The molecule has 0 spiro atoms. The summed E-state index contributed by atoms with van der Waals surface area (Å²) in [6.45, 7) is 0.828. The van der Waals surface area contributed by atoms with Gasteiger partial charge in [0.2, 0.25) is 0 Å². The van der Waals surface area contributed by atoms with Crippen LogP contribution in [-0.4, -0.2) is 42.6 Å². The summed E-state index contributed by atoms with van der Waals surface area (Å²) in [5.41, 5.74) is 1.57. The number of aryl methyl sites for hydroxylation is 2. The number of pyridine rings is 1. The highest BCUT2D eigenvalue weighted by Crippen LogP contribution is 2.24. The first kappa shape index (κ1) is 15.9. The summed E-state index contributed by atoms with van der Waals surface area (Å²) >= 11 is 0. The van der Waals surface area contributed by atoms with Gasteiger partial charge in [0, 0.05) is 44.6 Å². The summed E-state index contributed by atoms with van der Waals surface area (Å²) in [6.07, 6.45) is 12.5. The fraction of sp³-hybridized carbons (Fsp3) is 0.421. The topological polar surface area (TPSA) is 55.4 Å². The van der Waals surface area contributed by atoms with E-state index < -0.39 is 0 Å². The molecular weight excluding hydrogens is 314 g/mol. The first-order valence-corrected chi connectivity index (χ1v) is 8.93. The van der Waals surface area contributed by atoms with Gasteiger partial charge in [-0.2, -0.15) is 5.10 Å². The fourth-order valence-corrected chi connectivity index (χ4v) is 3.76. The lowest BCUT2D eigenvalue weighted by Crippen LogP contribution is -2.44. The molecule has 6 nitrogen and oxygen atoms in total. The van der Waals surface area contributed by atoms with Crippen molar-refractivity contribution in [1.29, 1.82) is 0 Å². The van der Waals surface area contributed by atoms with Crippen LogP contribution in [0.2, 0.25) is 0 Å². The van der Waals surface area contributed by atoms with Crippen molar-refractivity contribution in [3.05, 3.63) is 54.4 Å². The Labute approximate surface area is 147 Å². The van der Waals surface area contributed by atoms with Crippen molar-refractivity contribution in [3.8, 4) is 0 Å². The van der Waals surface area contributed by atoms with Crippen molar-refractivity contribution in [2.24, 2.45) is 7.05 Å². The van der Waals surface area contributed by atoms with Crippen LogP contribution in [0.5, 0.6) is 0 Å². The average molecular weight is 337 g/mol. The van der Waals surface area contributed by atoms with E-state index in [4.69, 9.17) is 0 Å². The smallest absolute Gasteiger partial charge is 0.257 e. The van der Waals surface area contributed by atoms with E-state index in [1.165, 1.54) is 6.42 Å². The van der Waals surface area contributed by atoms with E-state index in [0.717, 1.165) is 43.6 Å². The second-order valence-electron chi connectivity index (χ2n) is 6.73. The second kappa shape index (κ2) is 6.70. The van der Waals surface area contributed by atoms with E-state index in [9.17, 15) is 4.79 Å². The van der Waals surface area contributed by atoms with E-state index >= 15 is 0 Å². The highest BCUT2D eigenvalue weighted by atomic mass is 16.2. The Morgan fingerprint density at radius 1 is 1.28 bits per heavy atom. The summed E-state index contributed by atoms with van der Waals surface area (Å²) in [6, 6.07) is 6.09. The molecule has 3 aromatic heterocycles. The summed E-state index contributed by atoms with van der Waals surface area (Å²) in [5, 5.41) is 4.31. The molecule has 1 aliphatic rings. The summed E-state index contributed by atoms with van der Waals surface area (Å²) < 4.78 is 3.82. The Bertz CT molecular complexity index is 881. The van der Waals surface area contributed by atoms with Crippen molar-refractivity contribution in [2.75, 3.05) is 6.54 Å². The Morgan fingerprint density at radius 3 is 3.04 bits per heavy atom. The third-order valence-electron chi connectivity index (χ3n) is 5.17. The molecule has 1 atom stereocenters. The Kier molecular flexibility index (Phi) is 4.26. The summed E-state index contributed by atoms with van der Waals surface area (Å²) in [5.74, 6) is 1.18. The van der Waals surface area contributed by atoms with Crippen LogP contribution < -0.4 is 0 Å².